The molecule has 2 rings (SSSR count). The summed E-state index contributed by atoms with van der Waals surface area (Å²) in [6.07, 6.45) is 0. The van der Waals surface area contributed by atoms with Crippen molar-refractivity contribution in [3.63, 3.8) is 0 Å². The number of aromatic nitrogens is 1. The fraction of sp³-hybridized carbons (Fsp3) is 0.0833. The monoisotopic (exact) mass is 230 g/mol. The van der Waals surface area contributed by atoms with Crippen LogP contribution >= 0.6 is 0 Å². The SMILES string of the molecule is Cc1cccc2nc(C(N)=O)cc(C(=O)O)c12. The van der Waals surface area contributed by atoms with Crippen LogP contribution in [0, 0.1) is 6.92 Å². The third kappa shape index (κ3) is 1.82. The summed E-state index contributed by atoms with van der Waals surface area (Å²) in [5.41, 5.74) is 6.37. The summed E-state index contributed by atoms with van der Waals surface area (Å²) in [7, 11) is 0. The topological polar surface area (TPSA) is 93.3 Å². The van der Waals surface area contributed by atoms with Gasteiger partial charge in [-0.25, -0.2) is 9.78 Å². The van der Waals surface area contributed by atoms with Gasteiger partial charge >= 0.3 is 5.97 Å². The van der Waals surface area contributed by atoms with Gasteiger partial charge in [-0.1, -0.05) is 12.1 Å². The van der Waals surface area contributed by atoms with Gasteiger partial charge in [0.05, 0.1) is 11.1 Å². The summed E-state index contributed by atoms with van der Waals surface area (Å²) in [5.74, 6) is -1.84. The molecule has 0 bridgehead atoms. The number of aryl methyl sites for hydroxylation is 1. The lowest BCUT2D eigenvalue weighted by Gasteiger charge is -2.07. The first-order valence-corrected chi connectivity index (χ1v) is 4.94. The van der Waals surface area contributed by atoms with E-state index in [9.17, 15) is 9.59 Å². The highest BCUT2D eigenvalue weighted by Gasteiger charge is 2.15. The Labute approximate surface area is 96.9 Å². The van der Waals surface area contributed by atoms with Crippen LogP contribution in [-0.4, -0.2) is 22.0 Å². The third-order valence-corrected chi connectivity index (χ3v) is 2.52. The normalized spacial score (nSPS) is 10.4. The molecule has 0 radical (unpaired) electrons. The molecule has 0 unspecified atom stereocenters. The fourth-order valence-corrected chi connectivity index (χ4v) is 1.76. The molecule has 1 aromatic carbocycles. The highest BCUT2D eigenvalue weighted by atomic mass is 16.4. The predicted octanol–water partition coefficient (Wildman–Crippen LogP) is 1.34. The van der Waals surface area contributed by atoms with E-state index >= 15 is 0 Å². The number of aromatic carboxylic acids is 1. The van der Waals surface area contributed by atoms with Gasteiger partial charge in [0, 0.05) is 5.39 Å². The van der Waals surface area contributed by atoms with Crippen LogP contribution in [-0.2, 0) is 0 Å². The van der Waals surface area contributed by atoms with E-state index in [0.717, 1.165) is 5.56 Å². The quantitative estimate of drug-likeness (QED) is 0.814. The third-order valence-electron chi connectivity index (χ3n) is 2.52. The van der Waals surface area contributed by atoms with E-state index in [2.05, 4.69) is 4.98 Å². The van der Waals surface area contributed by atoms with Gasteiger partial charge in [-0.05, 0) is 24.6 Å². The predicted molar refractivity (Wildman–Crippen MR) is 62.0 cm³/mol. The number of pyridine rings is 1. The number of fused-ring (bicyclic) bond motifs is 1. The fourth-order valence-electron chi connectivity index (χ4n) is 1.76. The number of carboxylic acids is 1. The van der Waals surface area contributed by atoms with Crippen LogP contribution in [0.3, 0.4) is 0 Å². The average Bonchev–Trinajstić information content (AvgIpc) is 2.27. The molecule has 1 aromatic heterocycles. The standard InChI is InChI=1S/C12H10N2O3/c1-6-3-2-4-8-10(6)7(12(16)17)5-9(14-8)11(13)15/h2-5H,1H3,(H2,13,15)(H,16,17). The van der Waals surface area contributed by atoms with Gasteiger partial charge in [0.2, 0.25) is 0 Å². The molecule has 1 heterocycles. The van der Waals surface area contributed by atoms with E-state index < -0.39 is 11.9 Å². The number of carbonyl (C=O) groups excluding carboxylic acids is 1. The molecule has 0 aliphatic carbocycles. The molecule has 0 saturated heterocycles. The lowest BCUT2D eigenvalue weighted by molar-refractivity contribution is 0.0699. The molecule has 86 valence electrons. The Morgan fingerprint density at radius 1 is 1.35 bits per heavy atom. The van der Waals surface area contributed by atoms with Gasteiger partial charge in [0.15, 0.2) is 0 Å². The Bertz CT molecular complexity index is 635. The van der Waals surface area contributed by atoms with E-state index in [4.69, 9.17) is 10.8 Å². The van der Waals surface area contributed by atoms with E-state index in [1.807, 2.05) is 0 Å². The molecule has 1 amide bonds. The second-order valence-electron chi connectivity index (χ2n) is 3.69. The summed E-state index contributed by atoms with van der Waals surface area (Å²) < 4.78 is 0. The number of amides is 1. The first-order chi connectivity index (χ1) is 8.00. The number of carboxylic acid groups (broad SMARTS) is 1. The molecule has 0 aliphatic rings. The molecule has 0 spiro atoms. The Hall–Kier alpha value is -2.43. The smallest absolute Gasteiger partial charge is 0.336 e. The van der Waals surface area contributed by atoms with Crippen LogP contribution in [0.5, 0.6) is 0 Å². The zero-order valence-corrected chi connectivity index (χ0v) is 9.10. The second-order valence-corrected chi connectivity index (χ2v) is 3.69. The van der Waals surface area contributed by atoms with Crippen molar-refractivity contribution >= 4 is 22.8 Å². The number of hydrogen-bond donors (Lipinski definition) is 2. The average molecular weight is 230 g/mol. The molecule has 17 heavy (non-hydrogen) atoms. The largest absolute Gasteiger partial charge is 0.478 e. The highest BCUT2D eigenvalue weighted by Crippen LogP contribution is 2.22. The molecular weight excluding hydrogens is 220 g/mol. The number of rotatable bonds is 2. The molecule has 3 N–H and O–H groups in total. The molecule has 0 atom stereocenters. The van der Waals surface area contributed by atoms with Crippen molar-refractivity contribution in [3.8, 4) is 0 Å². The van der Waals surface area contributed by atoms with E-state index in [1.165, 1.54) is 6.07 Å². The molecule has 0 fully saturated rings. The minimum atomic E-state index is -1.10. The van der Waals surface area contributed by atoms with Crippen molar-refractivity contribution in [1.29, 1.82) is 0 Å². The zero-order valence-electron chi connectivity index (χ0n) is 9.10. The van der Waals surface area contributed by atoms with Crippen molar-refractivity contribution < 1.29 is 14.7 Å². The van der Waals surface area contributed by atoms with Crippen LogP contribution in [0.15, 0.2) is 24.3 Å². The van der Waals surface area contributed by atoms with Crippen LogP contribution < -0.4 is 5.73 Å². The van der Waals surface area contributed by atoms with Crippen molar-refractivity contribution in [1.82, 2.24) is 4.98 Å². The zero-order chi connectivity index (χ0) is 12.6. The number of primary amides is 1. The van der Waals surface area contributed by atoms with Crippen molar-refractivity contribution in [2.45, 2.75) is 6.92 Å². The number of nitrogens with zero attached hydrogens (tertiary/aromatic N) is 1. The van der Waals surface area contributed by atoms with Crippen molar-refractivity contribution in [3.05, 3.63) is 41.1 Å². The Morgan fingerprint density at radius 3 is 2.65 bits per heavy atom. The van der Waals surface area contributed by atoms with Crippen LogP contribution in [0.4, 0.5) is 0 Å². The van der Waals surface area contributed by atoms with Crippen LogP contribution in [0.1, 0.15) is 26.4 Å². The number of nitrogens with two attached hydrogens (primary N) is 1. The maximum Gasteiger partial charge on any atom is 0.336 e. The summed E-state index contributed by atoms with van der Waals surface area (Å²) >= 11 is 0. The van der Waals surface area contributed by atoms with Gasteiger partial charge in [0.25, 0.3) is 5.91 Å². The van der Waals surface area contributed by atoms with Gasteiger partial charge in [0.1, 0.15) is 5.69 Å². The van der Waals surface area contributed by atoms with Gasteiger partial charge < -0.3 is 10.8 Å². The van der Waals surface area contributed by atoms with Crippen molar-refractivity contribution in [2.24, 2.45) is 5.73 Å². The summed E-state index contributed by atoms with van der Waals surface area (Å²) in [6.45, 7) is 1.79. The number of carbonyl (C=O) groups is 2. The van der Waals surface area contributed by atoms with E-state index in [-0.39, 0.29) is 11.3 Å². The molecule has 0 aliphatic heterocycles. The minimum Gasteiger partial charge on any atom is -0.478 e. The molecular formula is C12H10N2O3. The number of benzene rings is 1. The number of hydrogen-bond acceptors (Lipinski definition) is 3. The molecule has 5 heteroatoms. The van der Waals surface area contributed by atoms with E-state index in [0.29, 0.717) is 10.9 Å². The maximum absolute atomic E-state index is 11.2. The molecule has 5 nitrogen and oxygen atoms in total. The summed E-state index contributed by atoms with van der Waals surface area (Å²) in [6, 6.07) is 6.41. The van der Waals surface area contributed by atoms with Gasteiger partial charge in [-0.2, -0.15) is 0 Å². The summed E-state index contributed by atoms with van der Waals surface area (Å²) in [4.78, 5) is 26.3. The lowest BCUT2D eigenvalue weighted by atomic mass is 10.0. The minimum absolute atomic E-state index is 0.0412. The first-order valence-electron chi connectivity index (χ1n) is 4.94. The van der Waals surface area contributed by atoms with Gasteiger partial charge in [-0.3, -0.25) is 4.79 Å². The molecule has 2 aromatic rings. The highest BCUT2D eigenvalue weighted by molar-refractivity contribution is 6.06. The lowest BCUT2D eigenvalue weighted by Crippen LogP contribution is -2.15. The van der Waals surface area contributed by atoms with Crippen LogP contribution in [0.25, 0.3) is 10.9 Å². The van der Waals surface area contributed by atoms with Gasteiger partial charge in [-0.15, -0.1) is 0 Å². The Kier molecular flexibility index (Phi) is 2.51. The second kappa shape index (κ2) is 3.86. The van der Waals surface area contributed by atoms with E-state index in [1.54, 1.807) is 25.1 Å². The first kappa shape index (κ1) is 11.1. The van der Waals surface area contributed by atoms with Crippen LogP contribution in [0.2, 0.25) is 0 Å². The van der Waals surface area contributed by atoms with Crippen molar-refractivity contribution in [2.75, 3.05) is 0 Å². The Balaban J connectivity index is 2.91. The molecule has 0 saturated carbocycles. The summed E-state index contributed by atoms with van der Waals surface area (Å²) in [5, 5.41) is 9.67. The maximum atomic E-state index is 11.2. The Morgan fingerprint density at radius 2 is 2.06 bits per heavy atom.